The van der Waals surface area contributed by atoms with Crippen molar-refractivity contribution in [3.05, 3.63) is 23.3 Å². The van der Waals surface area contributed by atoms with E-state index < -0.39 is 12.2 Å². The van der Waals surface area contributed by atoms with Crippen LogP contribution in [0.3, 0.4) is 0 Å². The molecule has 25 heavy (non-hydrogen) atoms. The largest absolute Gasteiger partial charge is 0.496 e. The molecule has 1 aromatic rings. The number of hydrogen-bond donors (Lipinski definition) is 2. The van der Waals surface area contributed by atoms with E-state index in [1.807, 2.05) is 0 Å². The van der Waals surface area contributed by atoms with Crippen molar-refractivity contribution in [1.29, 1.82) is 0 Å². The summed E-state index contributed by atoms with van der Waals surface area (Å²) in [5.74, 6) is 1.13. The lowest BCUT2D eigenvalue weighted by atomic mass is 9.94. The van der Waals surface area contributed by atoms with Gasteiger partial charge in [-0.25, -0.2) is 0 Å². The first-order valence-corrected chi connectivity index (χ1v) is 8.15. The molecule has 2 heterocycles. The fraction of sp³-hybridized carbons (Fsp3) is 0.588. The topological polar surface area (TPSA) is 94.3 Å². The Bertz CT molecular complexity index is 627. The van der Waals surface area contributed by atoms with Crippen LogP contribution in [0.5, 0.6) is 11.5 Å². The molecule has 1 unspecified atom stereocenters. The summed E-state index contributed by atoms with van der Waals surface area (Å²) >= 11 is 0. The average molecular weight is 373 g/mol. The summed E-state index contributed by atoms with van der Waals surface area (Å²) in [5.41, 5.74) is 7.07. The molecule has 0 radical (unpaired) electrons. The minimum atomic E-state index is -0.825. The highest BCUT2D eigenvalue weighted by Gasteiger charge is 2.37. The van der Waals surface area contributed by atoms with E-state index in [9.17, 15) is 9.90 Å². The summed E-state index contributed by atoms with van der Waals surface area (Å²) in [7, 11) is 3.13. The highest BCUT2D eigenvalue weighted by molar-refractivity contribution is 5.85. The zero-order valence-corrected chi connectivity index (χ0v) is 15.3. The van der Waals surface area contributed by atoms with Crippen molar-refractivity contribution in [3.8, 4) is 11.5 Å². The average Bonchev–Trinajstić information content (AvgIpc) is 3.09. The maximum absolute atomic E-state index is 12.7. The van der Waals surface area contributed by atoms with Crippen molar-refractivity contribution in [3.63, 3.8) is 0 Å². The van der Waals surface area contributed by atoms with Gasteiger partial charge in [-0.1, -0.05) is 0 Å². The van der Waals surface area contributed by atoms with Gasteiger partial charge in [0.05, 0.1) is 33.4 Å². The van der Waals surface area contributed by atoms with E-state index in [2.05, 4.69) is 0 Å². The first-order chi connectivity index (χ1) is 11.6. The van der Waals surface area contributed by atoms with Crippen molar-refractivity contribution in [2.24, 2.45) is 5.73 Å². The normalized spacial score (nSPS) is 25.1. The number of rotatable bonds is 4. The van der Waals surface area contributed by atoms with Crippen molar-refractivity contribution in [1.82, 2.24) is 4.90 Å². The van der Waals surface area contributed by atoms with Crippen LogP contribution in [0.1, 0.15) is 30.1 Å². The van der Waals surface area contributed by atoms with Gasteiger partial charge in [0.1, 0.15) is 23.7 Å². The number of methoxy groups -OCH3 is 2. The van der Waals surface area contributed by atoms with Crippen LogP contribution in [0.4, 0.5) is 0 Å². The summed E-state index contributed by atoms with van der Waals surface area (Å²) in [6.07, 6.45) is 0.0841. The SMILES string of the molecule is COc1ccc(OC)c2c1CN(C(=O)[C@@H]1CC[C@H](CN)O1)CC2O.Cl. The number of amides is 1. The van der Waals surface area contributed by atoms with Crippen LogP contribution >= 0.6 is 12.4 Å². The molecule has 2 aliphatic rings. The highest BCUT2D eigenvalue weighted by atomic mass is 35.5. The third-order valence-electron chi connectivity index (χ3n) is 4.75. The minimum absolute atomic E-state index is 0. The molecule has 140 valence electrons. The van der Waals surface area contributed by atoms with E-state index >= 15 is 0 Å². The summed E-state index contributed by atoms with van der Waals surface area (Å²) < 4.78 is 16.4. The van der Waals surface area contributed by atoms with Gasteiger partial charge in [0.15, 0.2) is 0 Å². The smallest absolute Gasteiger partial charge is 0.252 e. The van der Waals surface area contributed by atoms with Crippen molar-refractivity contribution >= 4 is 18.3 Å². The molecule has 8 heteroatoms. The zero-order chi connectivity index (χ0) is 17.3. The van der Waals surface area contributed by atoms with Crippen LogP contribution in [-0.2, 0) is 16.1 Å². The fourth-order valence-corrected chi connectivity index (χ4v) is 3.51. The predicted octanol–water partition coefficient (Wildman–Crippen LogP) is 1.01. The molecule has 3 atom stereocenters. The fourth-order valence-electron chi connectivity index (χ4n) is 3.51. The van der Waals surface area contributed by atoms with Crippen molar-refractivity contribution in [2.45, 2.75) is 37.7 Å². The van der Waals surface area contributed by atoms with Crippen LogP contribution < -0.4 is 15.2 Å². The van der Waals surface area contributed by atoms with Gasteiger partial charge >= 0.3 is 0 Å². The second-order valence-electron chi connectivity index (χ2n) is 6.16. The number of hydrogen-bond acceptors (Lipinski definition) is 6. The van der Waals surface area contributed by atoms with Crippen LogP contribution in [-0.4, -0.2) is 55.4 Å². The van der Waals surface area contributed by atoms with E-state index in [4.69, 9.17) is 19.9 Å². The number of aliphatic hydroxyl groups is 1. The number of nitrogens with two attached hydrogens (primary N) is 1. The number of fused-ring (bicyclic) bond motifs is 1. The van der Waals surface area contributed by atoms with Crippen LogP contribution in [0, 0.1) is 0 Å². The molecule has 1 aromatic carbocycles. The number of β-amino-alcohol motifs (C(OH)–C–C–N with tert-alkyl or cyclic N) is 1. The van der Waals surface area contributed by atoms with E-state index in [-0.39, 0.29) is 31.0 Å². The molecule has 0 spiro atoms. The molecule has 3 rings (SSSR count). The molecule has 1 amide bonds. The zero-order valence-electron chi connectivity index (χ0n) is 14.4. The molecule has 7 nitrogen and oxygen atoms in total. The Balaban J connectivity index is 0.00000225. The molecular formula is C17H25ClN2O5. The Labute approximate surface area is 153 Å². The van der Waals surface area contributed by atoms with E-state index in [0.29, 0.717) is 36.6 Å². The number of carbonyl (C=O) groups excluding carboxylic acids is 1. The standard InChI is InChI=1S/C17H24N2O5.ClH/c1-22-13-5-6-14(23-2)16-11(13)8-19(9-12(16)20)17(21)15-4-3-10(7-18)24-15;/h5-6,10,12,15,20H,3-4,7-9,18H2,1-2H3;1H/t10-,12?,15+;/m1./s1. The Kier molecular flexibility index (Phi) is 6.51. The summed E-state index contributed by atoms with van der Waals surface area (Å²) in [6, 6.07) is 3.55. The predicted molar refractivity (Wildman–Crippen MR) is 94.1 cm³/mol. The molecule has 3 N–H and O–H groups in total. The van der Waals surface area contributed by atoms with Gasteiger partial charge in [-0.3, -0.25) is 4.79 Å². The Morgan fingerprint density at radius 1 is 1.32 bits per heavy atom. The molecular weight excluding hydrogens is 348 g/mol. The molecule has 1 saturated heterocycles. The van der Waals surface area contributed by atoms with Crippen molar-refractivity contribution in [2.75, 3.05) is 27.3 Å². The number of carbonyl (C=O) groups is 1. The lowest BCUT2D eigenvalue weighted by Gasteiger charge is -2.35. The number of aliphatic hydroxyl groups excluding tert-OH is 1. The van der Waals surface area contributed by atoms with E-state index in [0.717, 1.165) is 12.0 Å². The van der Waals surface area contributed by atoms with Gasteiger partial charge in [-0.15, -0.1) is 12.4 Å². The van der Waals surface area contributed by atoms with Gasteiger partial charge in [0.25, 0.3) is 5.91 Å². The van der Waals surface area contributed by atoms with Crippen molar-refractivity contribution < 1.29 is 24.1 Å². The maximum Gasteiger partial charge on any atom is 0.252 e. The van der Waals surface area contributed by atoms with Gasteiger partial charge in [-0.05, 0) is 25.0 Å². The van der Waals surface area contributed by atoms with E-state index in [1.54, 1.807) is 31.3 Å². The quantitative estimate of drug-likeness (QED) is 0.819. The minimum Gasteiger partial charge on any atom is -0.496 e. The monoisotopic (exact) mass is 372 g/mol. The summed E-state index contributed by atoms with van der Waals surface area (Å²) in [4.78, 5) is 14.4. The number of benzene rings is 1. The molecule has 0 saturated carbocycles. The van der Waals surface area contributed by atoms with Crippen LogP contribution in [0.15, 0.2) is 12.1 Å². The molecule has 0 aliphatic carbocycles. The van der Waals surface area contributed by atoms with Gasteiger partial charge in [0, 0.05) is 17.7 Å². The first kappa shape index (κ1) is 19.8. The molecule has 1 fully saturated rings. The molecule has 0 aromatic heterocycles. The summed E-state index contributed by atoms with van der Waals surface area (Å²) in [5, 5.41) is 10.6. The van der Waals surface area contributed by atoms with Crippen LogP contribution in [0.25, 0.3) is 0 Å². The van der Waals surface area contributed by atoms with E-state index in [1.165, 1.54) is 0 Å². The second kappa shape index (κ2) is 8.23. The first-order valence-electron chi connectivity index (χ1n) is 8.15. The van der Waals surface area contributed by atoms with Gasteiger partial charge in [0.2, 0.25) is 0 Å². The third kappa shape index (κ3) is 3.69. The van der Waals surface area contributed by atoms with Gasteiger partial charge in [-0.2, -0.15) is 0 Å². The van der Waals surface area contributed by atoms with Crippen LogP contribution in [0.2, 0.25) is 0 Å². The number of nitrogens with zero attached hydrogens (tertiary/aromatic N) is 1. The Morgan fingerprint density at radius 3 is 2.60 bits per heavy atom. The Morgan fingerprint density at radius 2 is 2.00 bits per heavy atom. The number of ether oxygens (including phenoxy) is 3. The lowest BCUT2D eigenvalue weighted by Crippen LogP contribution is -2.44. The molecule has 0 bridgehead atoms. The maximum atomic E-state index is 12.7. The Hall–Kier alpha value is -1.54. The third-order valence-corrected chi connectivity index (χ3v) is 4.75. The lowest BCUT2D eigenvalue weighted by molar-refractivity contribution is -0.145. The number of halogens is 1. The molecule has 2 aliphatic heterocycles. The second-order valence-corrected chi connectivity index (χ2v) is 6.16. The summed E-state index contributed by atoms with van der Waals surface area (Å²) in [6.45, 7) is 0.988. The van der Waals surface area contributed by atoms with Gasteiger partial charge < -0.3 is 30.0 Å². The highest BCUT2D eigenvalue weighted by Crippen LogP contribution is 2.39.